The third-order valence-electron chi connectivity index (χ3n) is 4.50. The molecule has 5 heteroatoms. The van der Waals surface area contributed by atoms with Crippen LogP contribution < -0.4 is 4.74 Å². The van der Waals surface area contributed by atoms with Crippen LogP contribution in [0.1, 0.15) is 16.8 Å². The van der Waals surface area contributed by atoms with Gasteiger partial charge in [0.15, 0.2) is 0 Å². The summed E-state index contributed by atoms with van der Waals surface area (Å²) in [6, 6.07) is 9.13. The lowest BCUT2D eigenvalue weighted by atomic mass is 10.0. The van der Waals surface area contributed by atoms with Gasteiger partial charge in [-0.15, -0.1) is 0 Å². The van der Waals surface area contributed by atoms with Crippen molar-refractivity contribution in [3.8, 4) is 5.75 Å². The first-order valence-corrected chi connectivity index (χ1v) is 8.00. The summed E-state index contributed by atoms with van der Waals surface area (Å²) in [5.74, 6) is 0.324. The molecule has 2 aromatic heterocycles. The first kappa shape index (κ1) is 15.0. The number of pyridine rings is 2. The molecule has 0 unspecified atom stereocenters. The fraction of sp³-hybridized carbons (Fsp3) is 0.263. The zero-order chi connectivity index (χ0) is 16.5. The number of hydrogen-bond acceptors (Lipinski definition) is 4. The number of rotatable bonds is 3. The standard InChI is InChI=1S/C19H18FN3O/c1-24-16-3-2-13(17(20)9-16)11-23-7-5-19-15(12-23)8-14-10-21-6-4-18(14)22-19/h2-4,6,8-10H,5,7,11-12H2,1H3. The van der Waals surface area contributed by atoms with E-state index in [1.165, 1.54) is 11.6 Å². The lowest BCUT2D eigenvalue weighted by Gasteiger charge is -2.28. The van der Waals surface area contributed by atoms with Crippen molar-refractivity contribution >= 4 is 10.9 Å². The van der Waals surface area contributed by atoms with E-state index in [9.17, 15) is 4.39 Å². The Labute approximate surface area is 139 Å². The molecule has 0 amide bonds. The summed E-state index contributed by atoms with van der Waals surface area (Å²) < 4.78 is 19.2. The molecule has 3 aromatic rings. The van der Waals surface area contributed by atoms with Crippen LogP contribution in [0.25, 0.3) is 10.9 Å². The second kappa shape index (κ2) is 6.17. The molecule has 1 aromatic carbocycles. The predicted molar refractivity (Wildman–Crippen MR) is 90.3 cm³/mol. The summed E-state index contributed by atoms with van der Waals surface area (Å²) in [5, 5.41) is 1.05. The summed E-state index contributed by atoms with van der Waals surface area (Å²) in [7, 11) is 1.54. The molecule has 0 aliphatic carbocycles. The van der Waals surface area contributed by atoms with Crippen molar-refractivity contribution < 1.29 is 9.13 Å². The maximum Gasteiger partial charge on any atom is 0.131 e. The third-order valence-corrected chi connectivity index (χ3v) is 4.50. The number of halogens is 1. The molecule has 0 bridgehead atoms. The van der Waals surface area contributed by atoms with Crippen LogP contribution >= 0.6 is 0 Å². The van der Waals surface area contributed by atoms with E-state index in [0.29, 0.717) is 17.9 Å². The zero-order valence-corrected chi connectivity index (χ0v) is 13.5. The fourth-order valence-corrected chi connectivity index (χ4v) is 3.20. The second-order valence-corrected chi connectivity index (χ2v) is 6.08. The van der Waals surface area contributed by atoms with Gasteiger partial charge in [0.05, 0.1) is 12.6 Å². The molecule has 4 rings (SSSR count). The zero-order valence-electron chi connectivity index (χ0n) is 13.5. The van der Waals surface area contributed by atoms with E-state index in [1.807, 2.05) is 12.3 Å². The lowest BCUT2D eigenvalue weighted by molar-refractivity contribution is 0.240. The van der Waals surface area contributed by atoms with E-state index in [-0.39, 0.29) is 5.82 Å². The first-order chi connectivity index (χ1) is 11.7. The molecule has 0 saturated carbocycles. The van der Waals surface area contributed by atoms with Gasteiger partial charge < -0.3 is 4.74 Å². The van der Waals surface area contributed by atoms with Gasteiger partial charge in [-0.25, -0.2) is 4.39 Å². The SMILES string of the molecule is COc1ccc(CN2CCc3nc4ccncc4cc3C2)c(F)c1. The van der Waals surface area contributed by atoms with Gasteiger partial charge in [0, 0.05) is 61.2 Å². The van der Waals surface area contributed by atoms with Crippen LogP contribution in [0.15, 0.2) is 42.7 Å². The second-order valence-electron chi connectivity index (χ2n) is 6.08. The number of hydrogen-bond donors (Lipinski definition) is 0. The van der Waals surface area contributed by atoms with E-state index in [2.05, 4.69) is 16.0 Å². The molecule has 3 heterocycles. The Hall–Kier alpha value is -2.53. The molecule has 1 aliphatic heterocycles. The Balaban J connectivity index is 1.57. The average Bonchev–Trinajstić information content (AvgIpc) is 2.61. The van der Waals surface area contributed by atoms with Crippen LogP contribution in [0.2, 0.25) is 0 Å². The highest BCUT2D eigenvalue weighted by Crippen LogP contribution is 2.24. The molecule has 122 valence electrons. The molecule has 0 atom stereocenters. The molecule has 24 heavy (non-hydrogen) atoms. The number of benzene rings is 1. The Bertz CT molecular complexity index is 897. The number of methoxy groups -OCH3 is 1. The highest BCUT2D eigenvalue weighted by Gasteiger charge is 2.19. The molecular formula is C19H18FN3O. The van der Waals surface area contributed by atoms with Crippen molar-refractivity contribution in [3.63, 3.8) is 0 Å². The number of aromatic nitrogens is 2. The number of nitrogens with zero attached hydrogens (tertiary/aromatic N) is 3. The Kier molecular flexibility index (Phi) is 3.86. The van der Waals surface area contributed by atoms with Gasteiger partial charge in [-0.3, -0.25) is 14.9 Å². The van der Waals surface area contributed by atoms with Crippen molar-refractivity contribution in [2.24, 2.45) is 0 Å². The maximum absolute atomic E-state index is 14.2. The quantitative estimate of drug-likeness (QED) is 0.741. The molecule has 4 nitrogen and oxygen atoms in total. The van der Waals surface area contributed by atoms with Gasteiger partial charge in [0.2, 0.25) is 0 Å². The summed E-state index contributed by atoms with van der Waals surface area (Å²) in [4.78, 5) is 11.1. The normalized spacial score (nSPS) is 14.6. The number of ether oxygens (including phenoxy) is 1. The largest absolute Gasteiger partial charge is 0.497 e. The predicted octanol–water partition coefficient (Wildman–Crippen LogP) is 3.34. The van der Waals surface area contributed by atoms with Gasteiger partial charge in [-0.2, -0.15) is 0 Å². The van der Waals surface area contributed by atoms with E-state index in [0.717, 1.165) is 36.1 Å². The number of fused-ring (bicyclic) bond motifs is 2. The van der Waals surface area contributed by atoms with Crippen LogP contribution in [-0.4, -0.2) is 28.5 Å². The molecular weight excluding hydrogens is 305 g/mol. The molecule has 0 fully saturated rings. The highest BCUT2D eigenvalue weighted by molar-refractivity contribution is 5.78. The van der Waals surface area contributed by atoms with Crippen molar-refractivity contribution in [2.75, 3.05) is 13.7 Å². The summed E-state index contributed by atoms with van der Waals surface area (Å²) in [6.07, 6.45) is 4.49. The van der Waals surface area contributed by atoms with Gasteiger partial charge in [0.1, 0.15) is 11.6 Å². The van der Waals surface area contributed by atoms with Crippen molar-refractivity contribution in [1.29, 1.82) is 0 Å². The van der Waals surface area contributed by atoms with Crippen molar-refractivity contribution in [2.45, 2.75) is 19.5 Å². The average molecular weight is 323 g/mol. The first-order valence-electron chi connectivity index (χ1n) is 8.00. The Morgan fingerprint density at radius 3 is 3.00 bits per heavy atom. The molecule has 0 N–H and O–H groups in total. The van der Waals surface area contributed by atoms with Gasteiger partial charge in [0.25, 0.3) is 0 Å². The molecule has 0 spiro atoms. The van der Waals surface area contributed by atoms with Crippen molar-refractivity contribution in [3.05, 3.63) is 65.4 Å². The monoisotopic (exact) mass is 323 g/mol. The minimum atomic E-state index is -0.221. The van der Waals surface area contributed by atoms with Crippen LogP contribution in [0, 0.1) is 5.82 Å². The van der Waals surface area contributed by atoms with E-state index in [1.54, 1.807) is 25.4 Å². The van der Waals surface area contributed by atoms with Crippen LogP contribution in [0.3, 0.4) is 0 Å². The smallest absolute Gasteiger partial charge is 0.131 e. The van der Waals surface area contributed by atoms with Gasteiger partial charge in [-0.1, -0.05) is 6.07 Å². The van der Waals surface area contributed by atoms with Crippen LogP contribution in [-0.2, 0) is 19.5 Å². The molecule has 0 radical (unpaired) electrons. The summed E-state index contributed by atoms with van der Waals surface area (Å²) in [6.45, 7) is 2.24. The van der Waals surface area contributed by atoms with Gasteiger partial charge in [-0.05, 0) is 23.8 Å². The van der Waals surface area contributed by atoms with Crippen LogP contribution in [0.4, 0.5) is 4.39 Å². The minimum Gasteiger partial charge on any atom is -0.497 e. The Morgan fingerprint density at radius 1 is 1.25 bits per heavy atom. The van der Waals surface area contributed by atoms with Gasteiger partial charge >= 0.3 is 0 Å². The molecule has 1 aliphatic rings. The lowest BCUT2D eigenvalue weighted by Crippen LogP contribution is -2.31. The highest BCUT2D eigenvalue weighted by atomic mass is 19.1. The summed E-state index contributed by atoms with van der Waals surface area (Å²) >= 11 is 0. The minimum absolute atomic E-state index is 0.221. The van der Waals surface area contributed by atoms with E-state index in [4.69, 9.17) is 9.72 Å². The van der Waals surface area contributed by atoms with Crippen molar-refractivity contribution in [1.82, 2.24) is 14.9 Å². The summed E-state index contributed by atoms with van der Waals surface area (Å²) in [5.41, 5.74) is 4.02. The topological polar surface area (TPSA) is 38.2 Å². The third kappa shape index (κ3) is 2.83. The Morgan fingerprint density at radius 2 is 2.17 bits per heavy atom. The van der Waals surface area contributed by atoms with Crippen LogP contribution in [0.5, 0.6) is 5.75 Å². The van der Waals surface area contributed by atoms with E-state index < -0.39 is 0 Å². The molecule has 0 saturated heterocycles. The van der Waals surface area contributed by atoms with E-state index >= 15 is 0 Å². The maximum atomic E-state index is 14.2. The fourth-order valence-electron chi connectivity index (χ4n) is 3.20.